The second kappa shape index (κ2) is 7.93. The Kier molecular flexibility index (Phi) is 5.18. The molecule has 1 aromatic heterocycles. The first kappa shape index (κ1) is 19.0. The minimum atomic E-state index is -0.496. The number of methoxy groups -OCH3 is 1. The lowest BCUT2D eigenvalue weighted by molar-refractivity contribution is 0.0735. The topological polar surface area (TPSA) is 65.7 Å². The highest BCUT2D eigenvalue weighted by Gasteiger charge is 2.15. The van der Waals surface area contributed by atoms with Gasteiger partial charge in [0.15, 0.2) is 0 Å². The van der Waals surface area contributed by atoms with Gasteiger partial charge >= 0.3 is 5.97 Å². The first-order chi connectivity index (χ1) is 14.1. The van der Waals surface area contributed by atoms with Crippen LogP contribution in [0.15, 0.2) is 86.7 Å². The Morgan fingerprint density at radius 2 is 1.72 bits per heavy atom. The number of ether oxygens (including phenoxy) is 2. The molecule has 6 heteroatoms. The molecule has 0 saturated heterocycles. The van der Waals surface area contributed by atoms with Crippen molar-refractivity contribution in [2.45, 2.75) is 0 Å². The first-order valence-corrected chi connectivity index (χ1v) is 9.53. The zero-order chi connectivity index (χ0) is 20.4. The van der Waals surface area contributed by atoms with Gasteiger partial charge in [-0.1, -0.05) is 34.1 Å². The summed E-state index contributed by atoms with van der Waals surface area (Å²) in [5.74, 6) is 0.377. The van der Waals surface area contributed by atoms with E-state index in [1.54, 1.807) is 55.6 Å². The van der Waals surface area contributed by atoms with Crippen LogP contribution in [0.25, 0.3) is 22.1 Å². The summed E-state index contributed by atoms with van der Waals surface area (Å²) < 4.78 is 17.3. The number of benzene rings is 3. The fourth-order valence-electron chi connectivity index (χ4n) is 2.98. The van der Waals surface area contributed by atoms with Crippen molar-refractivity contribution in [3.8, 4) is 22.6 Å². The summed E-state index contributed by atoms with van der Waals surface area (Å²) in [4.78, 5) is 25.3. The van der Waals surface area contributed by atoms with Crippen LogP contribution < -0.4 is 14.9 Å². The monoisotopic (exact) mass is 450 g/mol. The third-order valence-corrected chi connectivity index (χ3v) is 4.96. The van der Waals surface area contributed by atoms with E-state index in [1.807, 2.05) is 12.1 Å². The third-order valence-electron chi connectivity index (χ3n) is 4.43. The van der Waals surface area contributed by atoms with Crippen molar-refractivity contribution in [3.05, 3.63) is 93.3 Å². The van der Waals surface area contributed by atoms with Gasteiger partial charge in [0, 0.05) is 16.1 Å². The SMILES string of the molecule is COc1ccccc1-c1coc2cc(OC(=O)c3ccc(Br)cc3)ccc2c1=O. The number of rotatable bonds is 4. The number of carbonyl (C=O) groups excluding carboxylic acids is 1. The van der Waals surface area contributed by atoms with E-state index < -0.39 is 5.97 Å². The fraction of sp³-hybridized carbons (Fsp3) is 0.0435. The molecule has 5 nitrogen and oxygen atoms in total. The van der Waals surface area contributed by atoms with Gasteiger partial charge in [0.2, 0.25) is 5.43 Å². The second-order valence-electron chi connectivity index (χ2n) is 6.23. The van der Waals surface area contributed by atoms with Gasteiger partial charge in [-0.2, -0.15) is 0 Å². The van der Waals surface area contributed by atoms with Crippen molar-refractivity contribution in [2.24, 2.45) is 0 Å². The van der Waals surface area contributed by atoms with E-state index in [2.05, 4.69) is 15.9 Å². The zero-order valence-electron chi connectivity index (χ0n) is 15.3. The summed E-state index contributed by atoms with van der Waals surface area (Å²) in [6, 6.07) is 18.8. The van der Waals surface area contributed by atoms with Crippen LogP contribution in [-0.4, -0.2) is 13.1 Å². The maximum atomic E-state index is 13.0. The van der Waals surface area contributed by atoms with Crippen LogP contribution in [-0.2, 0) is 0 Å². The van der Waals surface area contributed by atoms with E-state index in [1.165, 1.54) is 12.3 Å². The summed E-state index contributed by atoms with van der Waals surface area (Å²) in [5.41, 5.74) is 1.60. The van der Waals surface area contributed by atoms with Crippen LogP contribution in [0, 0.1) is 0 Å². The summed E-state index contributed by atoms with van der Waals surface area (Å²) in [7, 11) is 1.55. The van der Waals surface area contributed by atoms with Crippen LogP contribution in [0.3, 0.4) is 0 Å². The molecule has 0 radical (unpaired) electrons. The minimum Gasteiger partial charge on any atom is -0.496 e. The maximum absolute atomic E-state index is 13.0. The molecular weight excluding hydrogens is 436 g/mol. The molecule has 0 aliphatic carbocycles. The molecule has 0 aliphatic heterocycles. The van der Waals surface area contributed by atoms with Gasteiger partial charge in [-0.15, -0.1) is 0 Å². The Hall–Kier alpha value is -3.38. The highest BCUT2D eigenvalue weighted by molar-refractivity contribution is 9.10. The average Bonchev–Trinajstić information content (AvgIpc) is 2.74. The maximum Gasteiger partial charge on any atom is 0.343 e. The van der Waals surface area contributed by atoms with Gasteiger partial charge in [-0.3, -0.25) is 4.79 Å². The summed E-state index contributed by atoms with van der Waals surface area (Å²) >= 11 is 3.32. The van der Waals surface area contributed by atoms with Gasteiger partial charge in [0.1, 0.15) is 23.3 Å². The lowest BCUT2D eigenvalue weighted by Gasteiger charge is -2.09. The number of hydrogen-bond donors (Lipinski definition) is 0. The molecule has 0 unspecified atom stereocenters. The lowest BCUT2D eigenvalue weighted by Crippen LogP contribution is -2.09. The van der Waals surface area contributed by atoms with Crippen molar-refractivity contribution in [1.29, 1.82) is 0 Å². The number of hydrogen-bond acceptors (Lipinski definition) is 5. The van der Waals surface area contributed by atoms with Gasteiger partial charge in [0.05, 0.1) is 23.6 Å². The van der Waals surface area contributed by atoms with E-state index in [9.17, 15) is 9.59 Å². The molecule has 4 rings (SSSR count). The predicted molar refractivity (Wildman–Crippen MR) is 114 cm³/mol. The molecule has 4 aromatic rings. The third kappa shape index (κ3) is 3.79. The van der Waals surface area contributed by atoms with Gasteiger partial charge in [-0.25, -0.2) is 4.79 Å². The van der Waals surface area contributed by atoms with Crippen LogP contribution in [0.1, 0.15) is 10.4 Å². The number of halogens is 1. The molecule has 29 heavy (non-hydrogen) atoms. The molecule has 0 spiro atoms. The van der Waals surface area contributed by atoms with E-state index >= 15 is 0 Å². The van der Waals surface area contributed by atoms with Gasteiger partial charge in [0.25, 0.3) is 0 Å². The number of para-hydroxylation sites is 1. The van der Waals surface area contributed by atoms with Crippen molar-refractivity contribution in [3.63, 3.8) is 0 Å². The molecule has 0 saturated carbocycles. The minimum absolute atomic E-state index is 0.193. The van der Waals surface area contributed by atoms with Gasteiger partial charge in [-0.05, 0) is 42.5 Å². The van der Waals surface area contributed by atoms with Crippen molar-refractivity contribution >= 4 is 32.9 Å². The molecular formula is C23H15BrO5. The number of fused-ring (bicyclic) bond motifs is 1. The largest absolute Gasteiger partial charge is 0.496 e. The smallest absolute Gasteiger partial charge is 0.343 e. The Morgan fingerprint density at radius 1 is 0.966 bits per heavy atom. The molecule has 1 heterocycles. The molecule has 0 bridgehead atoms. The van der Waals surface area contributed by atoms with E-state index in [4.69, 9.17) is 13.9 Å². The zero-order valence-corrected chi connectivity index (χ0v) is 16.9. The first-order valence-electron chi connectivity index (χ1n) is 8.73. The highest BCUT2D eigenvalue weighted by atomic mass is 79.9. The molecule has 0 fully saturated rings. The Labute approximate surface area is 174 Å². The average molecular weight is 451 g/mol. The Balaban J connectivity index is 1.68. The van der Waals surface area contributed by atoms with Crippen LogP contribution >= 0.6 is 15.9 Å². The predicted octanol–water partition coefficient (Wildman–Crippen LogP) is 5.45. The van der Waals surface area contributed by atoms with Crippen molar-refractivity contribution in [1.82, 2.24) is 0 Å². The van der Waals surface area contributed by atoms with E-state index in [0.717, 1.165) is 4.47 Å². The molecule has 0 amide bonds. The molecule has 3 aromatic carbocycles. The second-order valence-corrected chi connectivity index (χ2v) is 7.15. The fourth-order valence-corrected chi connectivity index (χ4v) is 3.24. The standard InChI is InChI=1S/C23H15BrO5/c1-27-20-5-3-2-4-17(20)19-13-28-21-12-16(10-11-18(21)22(19)25)29-23(26)14-6-8-15(24)9-7-14/h2-13H,1H3. The summed E-state index contributed by atoms with van der Waals surface area (Å²) in [6.45, 7) is 0. The van der Waals surface area contributed by atoms with Gasteiger partial charge < -0.3 is 13.9 Å². The molecule has 0 aliphatic rings. The normalized spacial score (nSPS) is 10.7. The molecule has 144 valence electrons. The Morgan fingerprint density at radius 3 is 2.48 bits per heavy atom. The van der Waals surface area contributed by atoms with Crippen molar-refractivity contribution in [2.75, 3.05) is 7.11 Å². The summed E-state index contributed by atoms with van der Waals surface area (Å²) in [6.07, 6.45) is 1.39. The lowest BCUT2D eigenvalue weighted by atomic mass is 10.0. The quantitative estimate of drug-likeness (QED) is 0.305. The number of esters is 1. The van der Waals surface area contributed by atoms with Crippen LogP contribution in [0.2, 0.25) is 0 Å². The summed E-state index contributed by atoms with van der Waals surface area (Å²) in [5, 5.41) is 0.386. The van der Waals surface area contributed by atoms with Crippen LogP contribution in [0.4, 0.5) is 0 Å². The van der Waals surface area contributed by atoms with Crippen molar-refractivity contribution < 1.29 is 18.7 Å². The number of carbonyl (C=O) groups is 1. The molecule has 0 atom stereocenters. The van der Waals surface area contributed by atoms with E-state index in [-0.39, 0.29) is 5.43 Å². The highest BCUT2D eigenvalue weighted by Crippen LogP contribution is 2.29. The van der Waals surface area contributed by atoms with Crippen LogP contribution in [0.5, 0.6) is 11.5 Å². The Bertz CT molecular complexity index is 1260. The van der Waals surface area contributed by atoms with E-state index in [0.29, 0.717) is 39.2 Å². The molecule has 0 N–H and O–H groups in total.